The molecule has 0 bridgehead atoms. The van der Waals surface area contributed by atoms with Crippen molar-refractivity contribution in [3.63, 3.8) is 0 Å². The first kappa shape index (κ1) is 18.5. The van der Waals surface area contributed by atoms with Crippen LogP contribution in [0, 0.1) is 0 Å². The lowest BCUT2D eigenvalue weighted by atomic mass is 10.0. The fraction of sp³-hybridized carbons (Fsp3) is 0.192. The number of hydrogen-bond acceptors (Lipinski definition) is 1. The van der Waals surface area contributed by atoms with E-state index in [0.717, 1.165) is 25.1 Å². The number of urea groups is 1. The standard InChI is InChI=1S/C26H25N3O/c30-26(27-17-20-9-3-1-4-10-20)28-16-15-25-23(19-28)22-13-7-8-14-24(22)29(25)18-21-11-5-2-6-12-21/h1-14H,15-19H2,(H,27,30). The molecule has 0 fully saturated rings. The molecule has 0 saturated heterocycles. The van der Waals surface area contributed by atoms with Gasteiger partial charge in [0.1, 0.15) is 0 Å². The lowest BCUT2D eigenvalue weighted by Crippen LogP contribution is -2.42. The van der Waals surface area contributed by atoms with Crippen LogP contribution in [0.5, 0.6) is 0 Å². The Balaban J connectivity index is 1.40. The first-order valence-electron chi connectivity index (χ1n) is 10.5. The van der Waals surface area contributed by atoms with Crippen LogP contribution >= 0.6 is 0 Å². The van der Waals surface area contributed by atoms with Crippen LogP contribution in [0.3, 0.4) is 0 Å². The van der Waals surface area contributed by atoms with Crippen molar-refractivity contribution in [3.05, 3.63) is 107 Å². The van der Waals surface area contributed by atoms with Gasteiger partial charge in [0, 0.05) is 54.8 Å². The molecular weight excluding hydrogens is 370 g/mol. The summed E-state index contributed by atoms with van der Waals surface area (Å²) < 4.78 is 2.43. The largest absolute Gasteiger partial charge is 0.340 e. The van der Waals surface area contributed by atoms with Gasteiger partial charge in [-0.1, -0.05) is 78.9 Å². The fourth-order valence-electron chi connectivity index (χ4n) is 4.41. The molecule has 0 unspecified atom stereocenters. The van der Waals surface area contributed by atoms with Crippen LogP contribution in [-0.2, 0) is 26.1 Å². The number of amides is 2. The molecule has 150 valence electrons. The van der Waals surface area contributed by atoms with Gasteiger partial charge >= 0.3 is 6.03 Å². The molecule has 1 aliphatic rings. The van der Waals surface area contributed by atoms with E-state index in [9.17, 15) is 4.79 Å². The third-order valence-electron chi connectivity index (χ3n) is 5.92. The summed E-state index contributed by atoms with van der Waals surface area (Å²) in [5.74, 6) is 0. The van der Waals surface area contributed by atoms with Crippen LogP contribution in [0.1, 0.15) is 22.4 Å². The first-order valence-corrected chi connectivity index (χ1v) is 10.5. The van der Waals surface area contributed by atoms with Crippen molar-refractivity contribution in [1.29, 1.82) is 0 Å². The van der Waals surface area contributed by atoms with Crippen molar-refractivity contribution in [3.8, 4) is 0 Å². The lowest BCUT2D eigenvalue weighted by Gasteiger charge is -2.28. The number of para-hydroxylation sites is 1. The van der Waals surface area contributed by atoms with E-state index >= 15 is 0 Å². The highest BCUT2D eigenvalue weighted by Crippen LogP contribution is 2.31. The normalized spacial score (nSPS) is 13.3. The molecule has 4 heteroatoms. The van der Waals surface area contributed by atoms with Crippen molar-refractivity contribution in [2.45, 2.75) is 26.1 Å². The van der Waals surface area contributed by atoms with E-state index in [1.807, 2.05) is 35.2 Å². The Morgan fingerprint density at radius 1 is 0.833 bits per heavy atom. The minimum Gasteiger partial charge on any atom is -0.340 e. The zero-order valence-corrected chi connectivity index (χ0v) is 16.9. The Bertz CT molecular complexity index is 1170. The number of nitrogens with zero attached hydrogens (tertiary/aromatic N) is 2. The van der Waals surface area contributed by atoms with Gasteiger partial charge < -0.3 is 14.8 Å². The molecule has 1 aliphatic heterocycles. The average molecular weight is 396 g/mol. The number of aromatic nitrogens is 1. The average Bonchev–Trinajstić information content (AvgIpc) is 3.12. The lowest BCUT2D eigenvalue weighted by molar-refractivity contribution is 0.191. The minimum atomic E-state index is 0.00407. The van der Waals surface area contributed by atoms with E-state index in [1.54, 1.807) is 0 Å². The zero-order chi connectivity index (χ0) is 20.3. The van der Waals surface area contributed by atoms with Crippen molar-refractivity contribution >= 4 is 16.9 Å². The maximum atomic E-state index is 12.8. The van der Waals surface area contributed by atoms with Crippen LogP contribution < -0.4 is 5.32 Å². The number of fused-ring (bicyclic) bond motifs is 3. The van der Waals surface area contributed by atoms with Gasteiger partial charge in [0.2, 0.25) is 0 Å². The number of hydrogen-bond donors (Lipinski definition) is 1. The van der Waals surface area contributed by atoms with Crippen molar-refractivity contribution in [1.82, 2.24) is 14.8 Å². The third kappa shape index (κ3) is 3.57. The Morgan fingerprint density at radius 2 is 1.50 bits per heavy atom. The molecule has 4 aromatic rings. The number of rotatable bonds is 4. The Morgan fingerprint density at radius 3 is 2.27 bits per heavy atom. The van der Waals surface area contributed by atoms with E-state index in [0.29, 0.717) is 13.1 Å². The summed E-state index contributed by atoms with van der Waals surface area (Å²) in [5.41, 5.74) is 6.29. The molecule has 0 spiro atoms. The van der Waals surface area contributed by atoms with Gasteiger partial charge in [-0.15, -0.1) is 0 Å². The van der Waals surface area contributed by atoms with E-state index < -0.39 is 0 Å². The molecule has 0 atom stereocenters. The van der Waals surface area contributed by atoms with Crippen LogP contribution in [0.4, 0.5) is 4.79 Å². The molecule has 3 aromatic carbocycles. The molecular formula is C26H25N3O. The van der Waals surface area contributed by atoms with E-state index in [2.05, 4.69) is 64.5 Å². The Labute approximate surface area is 176 Å². The third-order valence-corrected chi connectivity index (χ3v) is 5.92. The van der Waals surface area contributed by atoms with E-state index in [4.69, 9.17) is 0 Å². The molecule has 0 aliphatic carbocycles. The summed E-state index contributed by atoms with van der Waals surface area (Å²) in [6, 6.07) is 29.2. The van der Waals surface area contributed by atoms with E-state index in [1.165, 1.54) is 27.7 Å². The fourth-order valence-corrected chi connectivity index (χ4v) is 4.41. The maximum Gasteiger partial charge on any atom is 0.317 e. The molecule has 4 nitrogen and oxygen atoms in total. The summed E-state index contributed by atoms with van der Waals surface area (Å²) in [6.45, 7) is 2.80. The minimum absolute atomic E-state index is 0.00407. The van der Waals surface area contributed by atoms with Gasteiger partial charge in [0.05, 0.1) is 0 Å². The monoisotopic (exact) mass is 395 g/mol. The smallest absolute Gasteiger partial charge is 0.317 e. The highest BCUT2D eigenvalue weighted by molar-refractivity contribution is 5.87. The Kier molecular flexibility index (Phi) is 4.98. The second kappa shape index (κ2) is 8.07. The number of carbonyl (C=O) groups is 1. The van der Waals surface area contributed by atoms with Crippen LogP contribution in [0.25, 0.3) is 10.9 Å². The SMILES string of the molecule is O=C(NCc1ccccc1)N1CCc2c(c3ccccc3n2Cc2ccccc2)C1. The van der Waals surface area contributed by atoms with Crippen molar-refractivity contribution in [2.24, 2.45) is 0 Å². The summed E-state index contributed by atoms with van der Waals surface area (Å²) >= 11 is 0. The maximum absolute atomic E-state index is 12.8. The summed E-state index contributed by atoms with van der Waals surface area (Å²) in [4.78, 5) is 14.8. The zero-order valence-electron chi connectivity index (χ0n) is 16.9. The summed E-state index contributed by atoms with van der Waals surface area (Å²) in [5, 5.41) is 4.33. The Hall–Kier alpha value is -3.53. The van der Waals surface area contributed by atoms with Crippen LogP contribution in [-0.4, -0.2) is 22.0 Å². The molecule has 0 saturated carbocycles. The molecule has 5 rings (SSSR count). The quantitative estimate of drug-likeness (QED) is 0.521. The van der Waals surface area contributed by atoms with Crippen LogP contribution in [0.15, 0.2) is 84.9 Å². The van der Waals surface area contributed by atoms with E-state index in [-0.39, 0.29) is 6.03 Å². The molecule has 2 amide bonds. The van der Waals surface area contributed by atoms with Gasteiger partial charge in [-0.3, -0.25) is 0 Å². The predicted molar refractivity (Wildman–Crippen MR) is 120 cm³/mol. The van der Waals surface area contributed by atoms with Gasteiger partial charge in [0.25, 0.3) is 0 Å². The van der Waals surface area contributed by atoms with Gasteiger partial charge in [-0.05, 0) is 17.2 Å². The van der Waals surface area contributed by atoms with Gasteiger partial charge in [0.15, 0.2) is 0 Å². The van der Waals surface area contributed by atoms with Gasteiger partial charge in [-0.2, -0.15) is 0 Å². The molecule has 2 heterocycles. The highest BCUT2D eigenvalue weighted by Gasteiger charge is 2.26. The number of nitrogens with one attached hydrogen (secondary N) is 1. The van der Waals surface area contributed by atoms with Crippen molar-refractivity contribution in [2.75, 3.05) is 6.54 Å². The topological polar surface area (TPSA) is 37.3 Å². The van der Waals surface area contributed by atoms with Crippen LogP contribution in [0.2, 0.25) is 0 Å². The molecule has 1 N–H and O–H groups in total. The summed E-state index contributed by atoms with van der Waals surface area (Å²) in [7, 11) is 0. The second-order valence-electron chi connectivity index (χ2n) is 7.83. The molecule has 0 radical (unpaired) electrons. The number of carbonyl (C=O) groups excluding carboxylic acids is 1. The predicted octanol–water partition coefficient (Wildman–Crippen LogP) is 4.96. The van der Waals surface area contributed by atoms with Crippen molar-refractivity contribution < 1.29 is 4.79 Å². The first-order chi connectivity index (χ1) is 14.8. The highest BCUT2D eigenvalue weighted by atomic mass is 16.2. The molecule has 1 aromatic heterocycles. The summed E-state index contributed by atoms with van der Waals surface area (Å²) in [6.07, 6.45) is 0.871. The van der Waals surface area contributed by atoms with Gasteiger partial charge in [-0.25, -0.2) is 4.79 Å². The number of benzene rings is 3. The molecule has 30 heavy (non-hydrogen) atoms. The second-order valence-corrected chi connectivity index (χ2v) is 7.83.